The molecule has 0 radical (unpaired) electrons. The Balaban J connectivity index is 1.92. The summed E-state index contributed by atoms with van der Waals surface area (Å²) in [5.74, 6) is 0.655. The van der Waals surface area contributed by atoms with Crippen LogP contribution in [-0.4, -0.2) is 30.4 Å². The number of thioether (sulfide) groups is 1. The number of nitrogens with zero attached hydrogens (tertiary/aromatic N) is 1. The molecule has 0 atom stereocenters. The molecule has 0 fully saturated rings. The van der Waals surface area contributed by atoms with Crippen molar-refractivity contribution in [2.24, 2.45) is 5.92 Å². The maximum atomic E-state index is 12.6. The fraction of sp³-hybridized carbons (Fsp3) is 0.238. The third kappa shape index (κ3) is 3.83. The Morgan fingerprint density at radius 3 is 2.23 bits per heavy atom. The molecular formula is C21H21NO3S. The molecule has 0 unspecified atom stereocenters. The molecule has 2 aromatic rings. The topological polar surface area (TPSA) is 46.6 Å². The van der Waals surface area contributed by atoms with Crippen LogP contribution in [0.25, 0.3) is 5.57 Å². The van der Waals surface area contributed by atoms with Crippen LogP contribution in [0.3, 0.4) is 0 Å². The SMILES string of the molecule is CC(C)COc1ccc(C2=C(Sc3ccccc3)C(=O)N(C)C2=O)cc1. The van der Waals surface area contributed by atoms with Crippen molar-refractivity contribution in [3.05, 3.63) is 65.1 Å². The molecule has 0 aliphatic carbocycles. The van der Waals surface area contributed by atoms with Gasteiger partial charge in [0.25, 0.3) is 11.8 Å². The molecule has 1 aliphatic heterocycles. The fourth-order valence-corrected chi connectivity index (χ4v) is 3.61. The Kier molecular flexibility index (Phi) is 5.47. The highest BCUT2D eigenvalue weighted by molar-refractivity contribution is 8.04. The lowest BCUT2D eigenvalue weighted by Gasteiger charge is -2.10. The van der Waals surface area contributed by atoms with Crippen LogP contribution in [0.1, 0.15) is 19.4 Å². The number of imide groups is 1. The average Bonchev–Trinajstić information content (AvgIpc) is 2.85. The molecule has 3 rings (SSSR count). The Bertz CT molecular complexity index is 841. The second kappa shape index (κ2) is 7.79. The largest absolute Gasteiger partial charge is 0.493 e. The number of benzene rings is 2. The smallest absolute Gasteiger partial charge is 0.268 e. The van der Waals surface area contributed by atoms with Crippen LogP contribution in [0, 0.1) is 5.92 Å². The first-order valence-electron chi connectivity index (χ1n) is 8.50. The summed E-state index contributed by atoms with van der Waals surface area (Å²) in [4.78, 5) is 27.7. The number of rotatable bonds is 6. The Labute approximate surface area is 157 Å². The zero-order valence-corrected chi connectivity index (χ0v) is 15.9. The molecule has 2 amide bonds. The molecule has 134 valence electrons. The van der Waals surface area contributed by atoms with Gasteiger partial charge in [-0.2, -0.15) is 0 Å². The van der Waals surface area contributed by atoms with Crippen molar-refractivity contribution in [1.82, 2.24) is 4.90 Å². The molecule has 4 nitrogen and oxygen atoms in total. The number of carbonyl (C=O) groups excluding carboxylic acids is 2. The van der Waals surface area contributed by atoms with Crippen LogP contribution in [0.4, 0.5) is 0 Å². The molecule has 2 aromatic carbocycles. The molecule has 1 aliphatic rings. The van der Waals surface area contributed by atoms with Crippen molar-refractivity contribution in [2.75, 3.05) is 13.7 Å². The molecule has 0 saturated heterocycles. The maximum Gasteiger partial charge on any atom is 0.268 e. The number of hydrogen-bond donors (Lipinski definition) is 0. The van der Waals surface area contributed by atoms with E-state index in [2.05, 4.69) is 13.8 Å². The van der Waals surface area contributed by atoms with Crippen molar-refractivity contribution in [3.63, 3.8) is 0 Å². The lowest BCUT2D eigenvalue weighted by atomic mass is 10.1. The first kappa shape index (κ1) is 18.3. The Hall–Kier alpha value is -2.53. The number of hydrogen-bond acceptors (Lipinski definition) is 4. The van der Waals surface area contributed by atoms with Gasteiger partial charge in [-0.15, -0.1) is 0 Å². The standard InChI is InChI=1S/C21H21NO3S/c1-14(2)13-25-16-11-9-15(10-12-16)18-19(21(24)22(3)20(18)23)26-17-7-5-4-6-8-17/h4-12,14H,13H2,1-3H3. The molecule has 0 N–H and O–H groups in total. The molecule has 5 heteroatoms. The summed E-state index contributed by atoms with van der Waals surface area (Å²) in [5.41, 5.74) is 1.17. The van der Waals surface area contributed by atoms with Crippen LogP contribution in [0.2, 0.25) is 0 Å². The van der Waals surface area contributed by atoms with E-state index in [1.807, 2.05) is 54.6 Å². The minimum atomic E-state index is -0.274. The van der Waals surface area contributed by atoms with E-state index in [1.54, 1.807) is 0 Å². The number of amides is 2. The number of ether oxygens (including phenoxy) is 1. The number of likely N-dealkylation sites (N-methyl/N-ethyl adjacent to an activating group) is 1. The highest BCUT2D eigenvalue weighted by atomic mass is 32.2. The van der Waals surface area contributed by atoms with Gasteiger partial charge < -0.3 is 4.74 Å². The molecule has 0 spiro atoms. The average molecular weight is 367 g/mol. The van der Waals surface area contributed by atoms with E-state index in [9.17, 15) is 9.59 Å². The summed E-state index contributed by atoms with van der Waals surface area (Å²) < 4.78 is 5.69. The van der Waals surface area contributed by atoms with Gasteiger partial charge in [0.15, 0.2) is 0 Å². The van der Waals surface area contributed by atoms with E-state index in [-0.39, 0.29) is 11.8 Å². The van der Waals surface area contributed by atoms with Crippen LogP contribution in [0.5, 0.6) is 5.75 Å². The van der Waals surface area contributed by atoms with Crippen LogP contribution in [0.15, 0.2) is 64.4 Å². The van der Waals surface area contributed by atoms with Crippen molar-refractivity contribution in [1.29, 1.82) is 0 Å². The van der Waals surface area contributed by atoms with Crippen LogP contribution in [-0.2, 0) is 9.59 Å². The van der Waals surface area contributed by atoms with Crippen LogP contribution < -0.4 is 4.74 Å². The lowest BCUT2D eigenvalue weighted by Crippen LogP contribution is -2.26. The molecule has 26 heavy (non-hydrogen) atoms. The molecular weight excluding hydrogens is 346 g/mol. The fourth-order valence-electron chi connectivity index (χ4n) is 2.55. The van der Waals surface area contributed by atoms with Gasteiger partial charge in [0.1, 0.15) is 5.75 Å². The monoisotopic (exact) mass is 367 g/mol. The summed E-state index contributed by atoms with van der Waals surface area (Å²) >= 11 is 1.32. The first-order valence-corrected chi connectivity index (χ1v) is 9.32. The highest BCUT2D eigenvalue weighted by Gasteiger charge is 2.37. The van der Waals surface area contributed by atoms with E-state index in [0.717, 1.165) is 16.2 Å². The molecule has 0 bridgehead atoms. The first-order chi connectivity index (χ1) is 12.5. The van der Waals surface area contributed by atoms with E-state index in [4.69, 9.17) is 4.74 Å². The second-order valence-electron chi connectivity index (χ2n) is 6.52. The van der Waals surface area contributed by atoms with Gasteiger partial charge in [-0.3, -0.25) is 14.5 Å². The number of carbonyl (C=O) groups is 2. The minimum absolute atomic E-state index is 0.265. The third-order valence-electron chi connectivity index (χ3n) is 3.93. The van der Waals surface area contributed by atoms with E-state index < -0.39 is 0 Å². The molecule has 0 saturated carbocycles. The van der Waals surface area contributed by atoms with E-state index >= 15 is 0 Å². The Morgan fingerprint density at radius 1 is 0.962 bits per heavy atom. The van der Waals surface area contributed by atoms with Gasteiger partial charge >= 0.3 is 0 Å². The third-order valence-corrected chi connectivity index (χ3v) is 5.02. The quantitative estimate of drug-likeness (QED) is 0.717. The normalized spacial score (nSPS) is 14.5. The minimum Gasteiger partial charge on any atom is -0.493 e. The lowest BCUT2D eigenvalue weighted by molar-refractivity contribution is -0.134. The van der Waals surface area contributed by atoms with Crippen molar-refractivity contribution < 1.29 is 14.3 Å². The molecule has 0 aromatic heterocycles. The summed E-state index contributed by atoms with van der Waals surface area (Å²) in [6.07, 6.45) is 0. The van der Waals surface area contributed by atoms with Crippen molar-refractivity contribution in [2.45, 2.75) is 18.7 Å². The predicted octanol–water partition coefficient (Wildman–Crippen LogP) is 4.22. The molecule has 1 heterocycles. The van der Waals surface area contributed by atoms with E-state index in [1.165, 1.54) is 23.7 Å². The van der Waals surface area contributed by atoms with Crippen molar-refractivity contribution in [3.8, 4) is 5.75 Å². The summed E-state index contributed by atoms with van der Waals surface area (Å²) in [5, 5.41) is 0. The summed E-state index contributed by atoms with van der Waals surface area (Å²) in [7, 11) is 1.52. The van der Waals surface area contributed by atoms with E-state index in [0.29, 0.717) is 23.0 Å². The van der Waals surface area contributed by atoms with Gasteiger partial charge in [0.2, 0.25) is 0 Å². The predicted molar refractivity (Wildman–Crippen MR) is 104 cm³/mol. The zero-order valence-electron chi connectivity index (χ0n) is 15.1. The van der Waals surface area contributed by atoms with Gasteiger partial charge in [-0.1, -0.05) is 55.9 Å². The zero-order chi connectivity index (χ0) is 18.7. The highest BCUT2D eigenvalue weighted by Crippen LogP contribution is 2.39. The Morgan fingerprint density at radius 2 is 1.62 bits per heavy atom. The van der Waals surface area contributed by atoms with Crippen LogP contribution >= 0.6 is 11.8 Å². The van der Waals surface area contributed by atoms with Crippen molar-refractivity contribution >= 4 is 29.1 Å². The maximum absolute atomic E-state index is 12.6. The van der Waals surface area contributed by atoms with Gasteiger partial charge in [0.05, 0.1) is 17.1 Å². The second-order valence-corrected chi connectivity index (χ2v) is 7.60. The summed E-state index contributed by atoms with van der Waals surface area (Å²) in [6.45, 7) is 4.81. The van der Waals surface area contributed by atoms with Gasteiger partial charge in [-0.05, 0) is 35.7 Å². The summed E-state index contributed by atoms with van der Waals surface area (Å²) in [6, 6.07) is 16.9. The van der Waals surface area contributed by atoms with Gasteiger partial charge in [-0.25, -0.2) is 0 Å². The van der Waals surface area contributed by atoms with Gasteiger partial charge in [0, 0.05) is 11.9 Å².